The van der Waals surface area contributed by atoms with Crippen molar-refractivity contribution in [2.24, 2.45) is 5.73 Å². The number of aliphatic carboxylic acids is 1. The van der Waals surface area contributed by atoms with Gasteiger partial charge in [-0.25, -0.2) is 13.6 Å². The van der Waals surface area contributed by atoms with Gasteiger partial charge in [0.1, 0.15) is 12.4 Å². The van der Waals surface area contributed by atoms with Crippen LogP contribution in [0.1, 0.15) is 41.3 Å². The molecule has 1 amide bonds. The fourth-order valence-electron chi connectivity index (χ4n) is 3.84. The maximum atomic E-state index is 15.7. The topological polar surface area (TPSA) is 111 Å². The molecule has 0 saturated heterocycles. The minimum absolute atomic E-state index is 0.0506. The van der Waals surface area contributed by atoms with Crippen LogP contribution in [0.25, 0.3) is 11.1 Å². The number of carboxylic acid groups (broad SMARTS) is 1. The highest BCUT2D eigenvalue weighted by Gasteiger charge is 2.38. The summed E-state index contributed by atoms with van der Waals surface area (Å²) < 4.78 is 73.1. The summed E-state index contributed by atoms with van der Waals surface area (Å²) in [4.78, 5) is 21.1. The number of ether oxygens (including phenoxy) is 2. The molecule has 3 rings (SSSR count). The number of halogens is 6. The van der Waals surface area contributed by atoms with Gasteiger partial charge in [-0.3, -0.25) is 4.79 Å². The maximum Gasteiger partial charge on any atom is 0.490 e. The number of alkyl halides is 3. The summed E-state index contributed by atoms with van der Waals surface area (Å²) >= 11 is 6.41. The number of nitrogens with one attached hydrogen (secondary N) is 1. The van der Waals surface area contributed by atoms with E-state index in [9.17, 15) is 18.0 Å². The largest absolute Gasteiger partial charge is 0.490 e. The lowest BCUT2D eigenvalue weighted by atomic mass is 9.87. The van der Waals surface area contributed by atoms with Gasteiger partial charge in [-0.2, -0.15) is 13.2 Å². The van der Waals surface area contributed by atoms with E-state index in [1.165, 1.54) is 25.3 Å². The zero-order chi connectivity index (χ0) is 31.6. The maximum absolute atomic E-state index is 15.7. The molecule has 13 heteroatoms. The van der Waals surface area contributed by atoms with Crippen molar-refractivity contribution in [3.63, 3.8) is 0 Å². The Labute approximate surface area is 244 Å². The quantitative estimate of drug-likeness (QED) is 0.175. The van der Waals surface area contributed by atoms with E-state index in [1.54, 1.807) is 0 Å². The molecule has 0 aliphatic carbocycles. The second-order valence-corrected chi connectivity index (χ2v) is 9.60. The number of amides is 1. The highest BCUT2D eigenvalue weighted by Crippen LogP contribution is 2.40. The second kappa shape index (κ2) is 15.5. The first-order chi connectivity index (χ1) is 19.7. The summed E-state index contributed by atoms with van der Waals surface area (Å²) in [5.41, 5.74) is 6.66. The molecule has 7 nitrogen and oxygen atoms in total. The lowest BCUT2D eigenvalue weighted by Crippen LogP contribution is -2.29. The number of carboxylic acids is 1. The van der Waals surface area contributed by atoms with Gasteiger partial charge in [0.05, 0.1) is 17.2 Å². The monoisotopic (exact) mass is 616 g/mol. The van der Waals surface area contributed by atoms with Gasteiger partial charge in [-0.05, 0) is 35.4 Å². The fraction of sp³-hybridized carbons (Fsp3) is 0.310. The van der Waals surface area contributed by atoms with Crippen LogP contribution in [0.5, 0.6) is 5.75 Å². The van der Waals surface area contributed by atoms with Crippen LogP contribution in [0.15, 0.2) is 54.6 Å². The summed E-state index contributed by atoms with van der Waals surface area (Å²) in [6, 6.07) is 14.9. The van der Waals surface area contributed by atoms with Gasteiger partial charge >= 0.3 is 12.1 Å². The van der Waals surface area contributed by atoms with Crippen LogP contribution in [0, 0.1) is 11.6 Å². The molecule has 0 aliphatic rings. The summed E-state index contributed by atoms with van der Waals surface area (Å²) in [7, 11) is 1.50. The third kappa shape index (κ3) is 9.40. The van der Waals surface area contributed by atoms with Gasteiger partial charge in [-0.15, -0.1) is 0 Å². The molecular formula is C29H30ClF5N2O5. The standard InChI is InChI=1S/C27H29ClF2N2O3.C2HF3O2/c1-16(2)32-15-21(17-7-5-4-6-8-17)19-13-20(22(28)14-23(19)29)25-18(27(31)33)9-10-24(26(25)30)35-12-11-34-3;3-2(4,5)1(6)7/h4-10,13-14,16,21,32H,11-12,15H2,1-3H3,(H2,31,33);(H,6,7). The highest BCUT2D eigenvalue weighted by atomic mass is 35.5. The minimum atomic E-state index is -5.08. The van der Waals surface area contributed by atoms with Gasteiger partial charge in [0.15, 0.2) is 11.6 Å². The van der Waals surface area contributed by atoms with Gasteiger partial charge < -0.3 is 25.6 Å². The Morgan fingerprint density at radius 3 is 2.19 bits per heavy atom. The zero-order valence-electron chi connectivity index (χ0n) is 22.9. The molecule has 3 aromatic carbocycles. The van der Waals surface area contributed by atoms with Crippen LogP contribution < -0.4 is 15.8 Å². The second-order valence-electron chi connectivity index (χ2n) is 9.19. The number of carbonyl (C=O) groups excluding carboxylic acids is 1. The molecule has 0 saturated carbocycles. The molecule has 1 atom stereocenters. The van der Waals surface area contributed by atoms with Gasteiger partial charge in [0.2, 0.25) is 5.91 Å². The first-order valence-corrected chi connectivity index (χ1v) is 12.9. The zero-order valence-corrected chi connectivity index (χ0v) is 23.7. The van der Waals surface area contributed by atoms with Crippen LogP contribution in [-0.4, -0.2) is 56.1 Å². The lowest BCUT2D eigenvalue weighted by Gasteiger charge is -2.23. The number of methoxy groups -OCH3 is 1. The highest BCUT2D eigenvalue weighted by molar-refractivity contribution is 6.33. The van der Waals surface area contributed by atoms with E-state index in [-0.39, 0.29) is 46.7 Å². The number of benzene rings is 3. The summed E-state index contributed by atoms with van der Waals surface area (Å²) in [6.07, 6.45) is -5.08. The van der Waals surface area contributed by atoms with Crippen LogP contribution in [0.3, 0.4) is 0 Å². The number of hydrogen-bond donors (Lipinski definition) is 3. The Balaban J connectivity index is 0.000000782. The molecule has 0 aromatic heterocycles. The van der Waals surface area contributed by atoms with Gasteiger partial charge in [0.25, 0.3) is 0 Å². The number of hydrogen-bond acceptors (Lipinski definition) is 5. The van der Waals surface area contributed by atoms with Gasteiger partial charge in [0, 0.05) is 36.7 Å². The van der Waals surface area contributed by atoms with Crippen LogP contribution in [0.2, 0.25) is 5.02 Å². The fourth-order valence-corrected chi connectivity index (χ4v) is 4.09. The first-order valence-electron chi connectivity index (χ1n) is 12.5. The average molecular weight is 617 g/mol. The molecule has 0 heterocycles. The molecular weight excluding hydrogens is 587 g/mol. The Kier molecular flexibility index (Phi) is 12.7. The first kappa shape index (κ1) is 34.5. The van der Waals surface area contributed by atoms with Crippen molar-refractivity contribution in [1.29, 1.82) is 0 Å². The van der Waals surface area contributed by atoms with E-state index in [2.05, 4.69) is 5.32 Å². The van der Waals surface area contributed by atoms with E-state index in [4.69, 9.17) is 36.7 Å². The molecule has 3 aromatic rings. The molecule has 1 unspecified atom stereocenters. The van der Waals surface area contributed by atoms with Crippen molar-refractivity contribution in [1.82, 2.24) is 5.32 Å². The van der Waals surface area contributed by atoms with E-state index >= 15 is 8.78 Å². The Morgan fingerprint density at radius 1 is 1.05 bits per heavy atom. The van der Waals surface area contributed by atoms with E-state index in [1.807, 2.05) is 44.2 Å². The van der Waals surface area contributed by atoms with Crippen molar-refractivity contribution < 1.29 is 46.1 Å². The van der Waals surface area contributed by atoms with Crippen molar-refractivity contribution in [2.45, 2.75) is 32.0 Å². The summed E-state index contributed by atoms with van der Waals surface area (Å²) in [6.45, 7) is 4.77. The van der Waals surface area contributed by atoms with E-state index in [0.29, 0.717) is 12.1 Å². The molecule has 0 radical (unpaired) electrons. The average Bonchev–Trinajstić information content (AvgIpc) is 2.91. The predicted molar refractivity (Wildman–Crippen MR) is 148 cm³/mol. The smallest absolute Gasteiger partial charge is 0.488 e. The lowest BCUT2D eigenvalue weighted by molar-refractivity contribution is -0.192. The normalized spacial score (nSPS) is 12.0. The SMILES string of the molecule is COCCOc1ccc(C(N)=O)c(-c2cc(C(CNC(C)C)c3ccccc3)c(F)cc2Cl)c1F.O=C(O)C(F)(F)F. The van der Waals surface area contributed by atoms with Crippen molar-refractivity contribution in [3.05, 3.63) is 87.9 Å². The summed E-state index contributed by atoms with van der Waals surface area (Å²) in [5.74, 6) is -5.43. The molecule has 0 spiro atoms. The van der Waals surface area contributed by atoms with Crippen LogP contribution >= 0.6 is 11.6 Å². The summed E-state index contributed by atoms with van der Waals surface area (Å²) in [5, 5.41) is 10.4. The Bertz CT molecular complexity index is 1370. The third-order valence-electron chi connectivity index (χ3n) is 5.82. The Hall–Kier alpha value is -3.74. The van der Waals surface area contributed by atoms with Gasteiger partial charge in [-0.1, -0.05) is 55.8 Å². The number of primary amides is 1. The minimum Gasteiger partial charge on any atom is -0.488 e. The van der Waals surface area contributed by atoms with Crippen LogP contribution in [-0.2, 0) is 9.53 Å². The van der Waals surface area contributed by atoms with Crippen LogP contribution in [0.4, 0.5) is 22.0 Å². The number of carbonyl (C=O) groups is 2. The molecule has 0 fully saturated rings. The van der Waals surface area contributed by atoms with E-state index < -0.39 is 35.6 Å². The predicted octanol–water partition coefficient (Wildman–Crippen LogP) is 6.17. The van der Waals surface area contributed by atoms with Crippen molar-refractivity contribution in [3.8, 4) is 16.9 Å². The van der Waals surface area contributed by atoms with E-state index in [0.717, 1.165) is 11.6 Å². The molecule has 0 bridgehead atoms. The van der Waals surface area contributed by atoms with Crippen molar-refractivity contribution in [2.75, 3.05) is 26.9 Å². The molecule has 0 aliphatic heterocycles. The number of nitrogens with two attached hydrogens (primary N) is 1. The molecule has 4 N–H and O–H groups in total. The molecule has 228 valence electrons. The number of rotatable bonds is 11. The molecule has 42 heavy (non-hydrogen) atoms. The third-order valence-corrected chi connectivity index (χ3v) is 6.14. The van der Waals surface area contributed by atoms with Crippen molar-refractivity contribution >= 4 is 23.5 Å². The Morgan fingerprint density at radius 2 is 1.67 bits per heavy atom.